The lowest BCUT2D eigenvalue weighted by Gasteiger charge is -2.11. The van der Waals surface area contributed by atoms with Crippen LogP contribution in [-0.2, 0) is 9.59 Å². The van der Waals surface area contributed by atoms with E-state index in [2.05, 4.69) is 26.1 Å². The molecule has 0 aliphatic heterocycles. The number of pyridine rings is 1. The average molecular weight is 467 g/mol. The van der Waals surface area contributed by atoms with Crippen LogP contribution in [0.4, 0.5) is 11.4 Å². The molecule has 9 nitrogen and oxygen atoms in total. The summed E-state index contributed by atoms with van der Waals surface area (Å²) in [5.41, 5.74) is 4.50. The molecule has 0 atom stereocenters. The van der Waals surface area contributed by atoms with E-state index in [0.29, 0.717) is 11.2 Å². The molecule has 0 aliphatic carbocycles. The van der Waals surface area contributed by atoms with Crippen LogP contribution < -0.4 is 21.6 Å². The van der Waals surface area contributed by atoms with Gasteiger partial charge in [0.25, 0.3) is 11.5 Å². The van der Waals surface area contributed by atoms with E-state index in [-0.39, 0.29) is 22.4 Å². The van der Waals surface area contributed by atoms with Crippen LogP contribution in [-0.4, -0.2) is 28.9 Å². The molecule has 3 amide bonds. The standard InChI is InChI=1S/C26H21N5O4/c1-16-7-6-9-19(13-16)28-24(33)20-10-3-5-12-22(20)30-25(34)26(35)31-27-15-18-14-17-8-2-4-11-21(17)29-23(18)32/h2-15H,1H3,(H,28,33)(H,29,32)(H,30,34)(H,31,35). The molecule has 0 aliphatic rings. The van der Waals surface area contributed by atoms with Crippen molar-refractivity contribution in [3.05, 3.63) is 106 Å². The summed E-state index contributed by atoms with van der Waals surface area (Å²) in [5, 5.41) is 9.68. The van der Waals surface area contributed by atoms with Gasteiger partial charge in [-0.1, -0.05) is 42.5 Å². The number of nitrogens with one attached hydrogen (secondary N) is 4. The normalized spacial score (nSPS) is 10.8. The second-order valence-electron chi connectivity index (χ2n) is 7.66. The highest BCUT2D eigenvalue weighted by molar-refractivity contribution is 6.40. The van der Waals surface area contributed by atoms with Crippen molar-refractivity contribution in [1.29, 1.82) is 0 Å². The van der Waals surface area contributed by atoms with Gasteiger partial charge < -0.3 is 15.6 Å². The highest BCUT2D eigenvalue weighted by Crippen LogP contribution is 2.18. The fraction of sp³-hybridized carbons (Fsp3) is 0.0385. The summed E-state index contributed by atoms with van der Waals surface area (Å²) in [6, 6.07) is 22.4. The zero-order chi connectivity index (χ0) is 24.8. The Hall–Kier alpha value is -5.05. The number of anilines is 2. The summed E-state index contributed by atoms with van der Waals surface area (Å²) in [7, 11) is 0. The van der Waals surface area contributed by atoms with E-state index in [0.717, 1.165) is 17.2 Å². The highest BCUT2D eigenvalue weighted by Gasteiger charge is 2.18. The van der Waals surface area contributed by atoms with Crippen LogP contribution in [0.1, 0.15) is 21.5 Å². The van der Waals surface area contributed by atoms with Crippen LogP contribution in [0.5, 0.6) is 0 Å². The van der Waals surface area contributed by atoms with Crippen LogP contribution in [0.2, 0.25) is 0 Å². The molecule has 1 aromatic heterocycles. The van der Waals surface area contributed by atoms with Crippen molar-refractivity contribution >= 4 is 46.2 Å². The number of hydrogen-bond donors (Lipinski definition) is 4. The lowest BCUT2D eigenvalue weighted by Crippen LogP contribution is -2.33. The quantitative estimate of drug-likeness (QED) is 0.204. The molecule has 9 heteroatoms. The number of rotatable bonds is 5. The molecule has 35 heavy (non-hydrogen) atoms. The molecular weight excluding hydrogens is 446 g/mol. The summed E-state index contributed by atoms with van der Waals surface area (Å²) in [6.07, 6.45) is 1.15. The Bertz CT molecular complexity index is 1520. The molecule has 174 valence electrons. The number of carbonyl (C=O) groups is 3. The molecule has 0 unspecified atom stereocenters. The van der Waals surface area contributed by atoms with E-state index in [1.54, 1.807) is 36.4 Å². The van der Waals surface area contributed by atoms with Gasteiger partial charge in [-0.2, -0.15) is 5.10 Å². The number of fused-ring (bicyclic) bond motifs is 1. The highest BCUT2D eigenvalue weighted by atomic mass is 16.2. The molecule has 4 rings (SSSR count). The van der Waals surface area contributed by atoms with Crippen molar-refractivity contribution in [3.8, 4) is 0 Å². The van der Waals surface area contributed by atoms with Gasteiger partial charge in [0.2, 0.25) is 0 Å². The third-order valence-corrected chi connectivity index (χ3v) is 5.05. The molecule has 0 bridgehead atoms. The number of benzene rings is 3. The first-order valence-corrected chi connectivity index (χ1v) is 10.6. The number of hydrazone groups is 1. The Labute approximate surface area is 199 Å². The predicted molar refractivity (Wildman–Crippen MR) is 135 cm³/mol. The fourth-order valence-electron chi connectivity index (χ4n) is 3.36. The van der Waals surface area contributed by atoms with Crippen molar-refractivity contribution in [2.24, 2.45) is 5.10 Å². The van der Waals surface area contributed by atoms with Crippen LogP contribution in [0.15, 0.2) is 88.8 Å². The second-order valence-corrected chi connectivity index (χ2v) is 7.66. The molecule has 1 heterocycles. The number of carbonyl (C=O) groups excluding carboxylic acids is 3. The lowest BCUT2D eigenvalue weighted by molar-refractivity contribution is -0.136. The minimum absolute atomic E-state index is 0.160. The van der Waals surface area contributed by atoms with Crippen molar-refractivity contribution in [3.63, 3.8) is 0 Å². The van der Waals surface area contributed by atoms with Crippen LogP contribution >= 0.6 is 0 Å². The predicted octanol–water partition coefficient (Wildman–Crippen LogP) is 3.18. The van der Waals surface area contributed by atoms with Gasteiger partial charge >= 0.3 is 11.8 Å². The summed E-state index contributed by atoms with van der Waals surface area (Å²) >= 11 is 0. The summed E-state index contributed by atoms with van der Waals surface area (Å²) in [4.78, 5) is 52.2. The maximum absolute atomic E-state index is 12.7. The average Bonchev–Trinajstić information content (AvgIpc) is 2.84. The topological polar surface area (TPSA) is 133 Å². The van der Waals surface area contributed by atoms with Gasteiger partial charge in [-0.25, -0.2) is 5.43 Å². The Balaban J connectivity index is 1.42. The number of H-pyrrole nitrogens is 1. The Morgan fingerprint density at radius 3 is 2.46 bits per heavy atom. The van der Waals surface area contributed by atoms with Crippen LogP contribution in [0, 0.1) is 6.92 Å². The SMILES string of the molecule is Cc1cccc(NC(=O)c2ccccc2NC(=O)C(=O)NN=Cc2cc3ccccc3[nH]c2=O)c1. The monoisotopic (exact) mass is 467 g/mol. The van der Waals surface area contributed by atoms with Gasteiger partial charge in [0.15, 0.2) is 0 Å². The number of para-hydroxylation sites is 2. The largest absolute Gasteiger partial charge is 0.329 e. The van der Waals surface area contributed by atoms with Crippen molar-refractivity contribution in [2.75, 3.05) is 10.6 Å². The molecule has 0 spiro atoms. The number of amides is 3. The number of hydrogen-bond acceptors (Lipinski definition) is 5. The lowest BCUT2D eigenvalue weighted by atomic mass is 10.1. The summed E-state index contributed by atoms with van der Waals surface area (Å²) in [6.45, 7) is 1.90. The number of aromatic nitrogens is 1. The molecular formula is C26H21N5O4. The third kappa shape index (κ3) is 5.66. The molecule has 4 aromatic rings. The molecule has 0 saturated carbocycles. The van der Waals surface area contributed by atoms with Crippen LogP contribution in [0.3, 0.4) is 0 Å². The fourth-order valence-corrected chi connectivity index (χ4v) is 3.36. The van der Waals surface area contributed by atoms with E-state index in [1.165, 1.54) is 12.1 Å². The zero-order valence-electron chi connectivity index (χ0n) is 18.7. The van der Waals surface area contributed by atoms with Crippen molar-refractivity contribution in [2.45, 2.75) is 6.92 Å². The molecule has 4 N–H and O–H groups in total. The molecule has 0 saturated heterocycles. The summed E-state index contributed by atoms with van der Waals surface area (Å²) < 4.78 is 0. The zero-order valence-corrected chi connectivity index (χ0v) is 18.7. The van der Waals surface area contributed by atoms with E-state index < -0.39 is 17.7 Å². The van der Waals surface area contributed by atoms with Gasteiger partial charge in [0, 0.05) is 11.2 Å². The van der Waals surface area contributed by atoms with E-state index >= 15 is 0 Å². The van der Waals surface area contributed by atoms with Gasteiger partial charge in [-0.05, 0) is 54.3 Å². The van der Waals surface area contributed by atoms with E-state index in [4.69, 9.17) is 0 Å². The Morgan fingerprint density at radius 2 is 1.63 bits per heavy atom. The van der Waals surface area contributed by atoms with Crippen LogP contribution in [0.25, 0.3) is 10.9 Å². The number of nitrogens with zero attached hydrogens (tertiary/aromatic N) is 1. The molecule has 3 aromatic carbocycles. The first-order chi connectivity index (χ1) is 16.9. The van der Waals surface area contributed by atoms with Gasteiger partial charge in [-0.3, -0.25) is 19.2 Å². The van der Waals surface area contributed by atoms with E-state index in [9.17, 15) is 19.2 Å². The Morgan fingerprint density at radius 1 is 0.857 bits per heavy atom. The minimum Gasteiger partial charge on any atom is -0.322 e. The Kier molecular flexibility index (Phi) is 6.78. The smallest absolute Gasteiger partial charge is 0.322 e. The van der Waals surface area contributed by atoms with Crippen molar-refractivity contribution in [1.82, 2.24) is 10.4 Å². The van der Waals surface area contributed by atoms with E-state index in [1.807, 2.05) is 37.3 Å². The molecule has 0 fully saturated rings. The maximum Gasteiger partial charge on any atom is 0.329 e. The number of aryl methyl sites for hydroxylation is 1. The second kappa shape index (κ2) is 10.3. The molecule has 0 radical (unpaired) electrons. The minimum atomic E-state index is -1.06. The summed E-state index contributed by atoms with van der Waals surface area (Å²) in [5.74, 6) is -2.53. The first-order valence-electron chi connectivity index (χ1n) is 10.6. The van der Waals surface area contributed by atoms with Crippen molar-refractivity contribution < 1.29 is 14.4 Å². The van der Waals surface area contributed by atoms with Gasteiger partial charge in [0.05, 0.1) is 23.0 Å². The third-order valence-electron chi connectivity index (χ3n) is 5.05. The maximum atomic E-state index is 12.7. The van der Waals surface area contributed by atoms with Gasteiger partial charge in [0.1, 0.15) is 0 Å². The first kappa shape index (κ1) is 23.1. The van der Waals surface area contributed by atoms with Gasteiger partial charge in [-0.15, -0.1) is 0 Å². The number of aromatic amines is 1.